The van der Waals surface area contributed by atoms with Gasteiger partial charge < -0.3 is 14.5 Å². The maximum absolute atomic E-state index is 12.3. The maximum Gasteiger partial charge on any atom is 0.328 e. The Morgan fingerprint density at radius 3 is 2.62 bits per heavy atom. The van der Waals surface area contributed by atoms with Gasteiger partial charge in [0.05, 0.1) is 13.6 Å². The Labute approximate surface area is 140 Å². The molecule has 1 N–H and O–H groups in total. The van der Waals surface area contributed by atoms with Crippen LogP contribution in [0.4, 0.5) is 0 Å². The van der Waals surface area contributed by atoms with Gasteiger partial charge in [-0.1, -0.05) is 30.9 Å². The molecule has 1 heterocycles. The molecule has 0 aliphatic carbocycles. The van der Waals surface area contributed by atoms with Crippen molar-refractivity contribution in [3.63, 3.8) is 0 Å². The number of carbonyl (C=O) groups excluding carboxylic acids is 2. The molecule has 1 saturated heterocycles. The third-order valence-corrected chi connectivity index (χ3v) is 2.88. The summed E-state index contributed by atoms with van der Waals surface area (Å²) in [7, 11) is 1.34. The van der Waals surface area contributed by atoms with Crippen molar-refractivity contribution in [2.75, 3.05) is 13.7 Å². The summed E-state index contributed by atoms with van der Waals surface area (Å²) in [6.07, 6.45) is 8.21. The molecule has 2 atom stereocenters. The van der Waals surface area contributed by atoms with E-state index in [4.69, 9.17) is 9.63 Å². The van der Waals surface area contributed by atoms with Crippen molar-refractivity contribution in [1.29, 1.82) is 0 Å². The van der Waals surface area contributed by atoms with Gasteiger partial charge in [-0.25, -0.2) is 4.79 Å². The van der Waals surface area contributed by atoms with Gasteiger partial charge >= 0.3 is 5.97 Å². The standard InChI is InChI=1S/C14H19NO3.H2IOP/c1-4-7-11(8-5-2)13(16)15-10-6-9-12(15)14(17)18-3;1-3-2/h4-5,7-8,12H,1,6,9-10H2,2-3H3;2-3H/b8-5-,11-7+;/t12-;/m0./s1. The number of methoxy groups -OCH3 is 1. The Morgan fingerprint density at radius 1 is 1.52 bits per heavy atom. The monoisotopic (exact) mass is 425 g/mol. The Balaban J connectivity index is 0.00000122. The second-order valence-corrected chi connectivity index (χ2v) is 5.74. The highest BCUT2D eigenvalue weighted by Gasteiger charge is 2.35. The van der Waals surface area contributed by atoms with Crippen molar-refractivity contribution >= 4 is 40.4 Å². The molecule has 0 aromatic rings. The van der Waals surface area contributed by atoms with Crippen LogP contribution in [0.2, 0.25) is 0 Å². The largest absolute Gasteiger partial charge is 0.467 e. The molecule has 1 unspecified atom stereocenters. The molecule has 0 aromatic carbocycles. The van der Waals surface area contributed by atoms with Crippen LogP contribution in [0, 0.1) is 0 Å². The number of allylic oxidation sites excluding steroid dienone is 3. The lowest BCUT2D eigenvalue weighted by molar-refractivity contribution is -0.149. The second kappa shape index (κ2) is 11.9. The molecule has 5 nitrogen and oxygen atoms in total. The minimum absolute atomic E-state index is 0.0533. The first-order valence-corrected chi connectivity index (χ1v) is 10.5. The van der Waals surface area contributed by atoms with E-state index in [0.717, 1.165) is 6.42 Å². The number of halogens is 1. The van der Waals surface area contributed by atoms with Crippen molar-refractivity contribution in [3.8, 4) is 0 Å². The predicted molar refractivity (Wildman–Crippen MR) is 94.4 cm³/mol. The molecule has 1 amide bonds. The van der Waals surface area contributed by atoms with E-state index >= 15 is 0 Å². The van der Waals surface area contributed by atoms with Gasteiger partial charge in [0.1, 0.15) is 6.04 Å². The van der Waals surface area contributed by atoms with Crippen LogP contribution in [0.15, 0.2) is 36.5 Å². The van der Waals surface area contributed by atoms with Crippen molar-refractivity contribution in [1.82, 2.24) is 4.90 Å². The van der Waals surface area contributed by atoms with Crippen LogP contribution < -0.4 is 0 Å². The fourth-order valence-corrected chi connectivity index (χ4v) is 2.06. The molecular weight excluding hydrogens is 404 g/mol. The van der Waals surface area contributed by atoms with Crippen molar-refractivity contribution in [2.24, 2.45) is 0 Å². The number of likely N-dealkylation sites (tertiary alicyclic amines) is 1. The van der Waals surface area contributed by atoms with Gasteiger partial charge in [0.2, 0.25) is 0 Å². The van der Waals surface area contributed by atoms with Gasteiger partial charge in [-0.2, -0.15) is 0 Å². The number of ether oxygens (including phenoxy) is 1. The fourth-order valence-electron chi connectivity index (χ4n) is 2.06. The molecule has 118 valence electrons. The highest BCUT2D eigenvalue weighted by Crippen LogP contribution is 2.21. The quantitative estimate of drug-likeness (QED) is 0.247. The molecule has 21 heavy (non-hydrogen) atoms. The highest BCUT2D eigenvalue weighted by molar-refractivity contribution is 14.2. The molecule has 7 heteroatoms. The summed E-state index contributed by atoms with van der Waals surface area (Å²) in [6.45, 7) is 6.07. The average molecular weight is 425 g/mol. The SMILES string of the molecule is C=C/C=C(\C=C/C)C(=O)N1CCC[C@H]1C(=O)OC.OPI. The smallest absolute Gasteiger partial charge is 0.328 e. The number of nitrogens with zero attached hydrogens (tertiary/aromatic N) is 1. The van der Waals surface area contributed by atoms with Crippen LogP contribution >= 0.6 is 28.5 Å². The topological polar surface area (TPSA) is 66.8 Å². The fraction of sp³-hybridized carbons (Fsp3) is 0.429. The van der Waals surface area contributed by atoms with Gasteiger partial charge in [0.15, 0.2) is 0 Å². The van der Waals surface area contributed by atoms with Crippen LogP contribution in [0.25, 0.3) is 0 Å². The highest BCUT2D eigenvalue weighted by atomic mass is 127. The van der Waals surface area contributed by atoms with Crippen molar-refractivity contribution in [2.45, 2.75) is 25.8 Å². The van der Waals surface area contributed by atoms with Crippen molar-refractivity contribution < 1.29 is 19.2 Å². The normalized spacial score (nSPS) is 18.8. The Hall–Kier alpha value is -0.720. The van der Waals surface area contributed by atoms with E-state index in [1.165, 1.54) is 7.11 Å². The molecule has 1 rings (SSSR count). The van der Waals surface area contributed by atoms with E-state index in [-0.39, 0.29) is 18.3 Å². The zero-order valence-corrected chi connectivity index (χ0v) is 15.4. The van der Waals surface area contributed by atoms with E-state index < -0.39 is 6.04 Å². The lowest BCUT2D eigenvalue weighted by Crippen LogP contribution is -2.41. The Bertz CT molecular complexity index is 423. The molecule has 0 aromatic heterocycles. The third-order valence-electron chi connectivity index (χ3n) is 2.88. The summed E-state index contributed by atoms with van der Waals surface area (Å²) in [5.74, 6) is -0.500. The van der Waals surface area contributed by atoms with Gasteiger partial charge in [0, 0.05) is 12.1 Å². The number of amides is 1. The molecular formula is C14H21INO4P. The first kappa shape index (κ1) is 20.3. The van der Waals surface area contributed by atoms with Crippen LogP contribution in [-0.4, -0.2) is 41.4 Å². The first-order chi connectivity index (χ1) is 10.1. The van der Waals surface area contributed by atoms with Crippen molar-refractivity contribution in [3.05, 3.63) is 36.5 Å². The molecule has 1 aliphatic heterocycles. The number of rotatable bonds is 4. The zero-order chi connectivity index (χ0) is 16.3. The lowest BCUT2D eigenvalue weighted by Gasteiger charge is -2.23. The Morgan fingerprint density at radius 2 is 2.14 bits per heavy atom. The maximum atomic E-state index is 12.3. The second-order valence-electron chi connectivity index (χ2n) is 4.12. The molecule has 1 fully saturated rings. The van der Waals surface area contributed by atoms with Gasteiger partial charge in [0.25, 0.3) is 5.91 Å². The number of hydrogen-bond acceptors (Lipinski definition) is 4. The van der Waals surface area contributed by atoms with Gasteiger partial charge in [-0.05, 0) is 41.8 Å². The summed E-state index contributed by atoms with van der Waals surface area (Å²) in [5.41, 5.74) is 0.531. The van der Waals surface area contributed by atoms with Crippen LogP contribution in [-0.2, 0) is 14.3 Å². The summed E-state index contributed by atoms with van der Waals surface area (Å²) in [4.78, 5) is 33.1. The van der Waals surface area contributed by atoms with Gasteiger partial charge in [-0.15, -0.1) is 0 Å². The minimum atomic E-state index is -0.457. The summed E-state index contributed by atoms with van der Waals surface area (Å²) >= 11 is 1.87. The third kappa shape index (κ3) is 6.72. The van der Waals surface area contributed by atoms with E-state index in [1.807, 2.05) is 29.0 Å². The predicted octanol–water partition coefficient (Wildman–Crippen LogP) is 2.76. The van der Waals surface area contributed by atoms with E-state index in [0.29, 0.717) is 18.5 Å². The summed E-state index contributed by atoms with van der Waals surface area (Å²) in [5, 5.41) is 0. The van der Waals surface area contributed by atoms with Gasteiger partial charge in [-0.3, -0.25) is 4.79 Å². The molecule has 1 aliphatic rings. The zero-order valence-electron chi connectivity index (χ0n) is 12.2. The molecule has 0 saturated carbocycles. The van der Waals surface area contributed by atoms with E-state index in [1.54, 1.807) is 29.2 Å². The number of hydrogen-bond donors (Lipinski definition) is 1. The Kier molecular flexibility index (Phi) is 11.5. The molecule has 0 radical (unpaired) electrons. The molecule has 0 spiro atoms. The van der Waals surface area contributed by atoms with Crippen LogP contribution in [0.5, 0.6) is 0 Å². The van der Waals surface area contributed by atoms with E-state index in [9.17, 15) is 9.59 Å². The summed E-state index contributed by atoms with van der Waals surface area (Å²) in [6, 6.07) is -0.457. The summed E-state index contributed by atoms with van der Waals surface area (Å²) < 4.78 is 4.72. The molecule has 0 bridgehead atoms. The average Bonchev–Trinajstić information content (AvgIpc) is 2.95. The van der Waals surface area contributed by atoms with E-state index in [2.05, 4.69) is 6.58 Å². The number of esters is 1. The van der Waals surface area contributed by atoms with Crippen LogP contribution in [0.1, 0.15) is 19.8 Å². The lowest BCUT2D eigenvalue weighted by atomic mass is 10.1. The van der Waals surface area contributed by atoms with Crippen LogP contribution in [0.3, 0.4) is 0 Å². The number of carbonyl (C=O) groups is 2. The first-order valence-electron chi connectivity index (χ1n) is 6.41. The minimum Gasteiger partial charge on any atom is -0.467 e.